The third kappa shape index (κ3) is 10.1. The summed E-state index contributed by atoms with van der Waals surface area (Å²) < 4.78 is 21.1. The highest BCUT2D eigenvalue weighted by molar-refractivity contribution is 5.75. The second-order valence-electron chi connectivity index (χ2n) is 11.0. The van der Waals surface area contributed by atoms with Crippen LogP contribution in [0.5, 0.6) is 0 Å². The van der Waals surface area contributed by atoms with E-state index >= 15 is 4.39 Å². The normalized spacial score (nSPS) is 26.4. The number of tetrazole rings is 1. The summed E-state index contributed by atoms with van der Waals surface area (Å²) in [6.07, 6.45) is 19.0. The van der Waals surface area contributed by atoms with Crippen LogP contribution in [0.25, 0.3) is 0 Å². The number of alkyl halides is 1. The Morgan fingerprint density at radius 1 is 1.03 bits per heavy atom. The summed E-state index contributed by atoms with van der Waals surface area (Å²) in [5.74, 6) is 1.08. The Hall–Kier alpha value is -1.57. The van der Waals surface area contributed by atoms with Gasteiger partial charge in [-0.05, 0) is 56.9 Å². The fourth-order valence-corrected chi connectivity index (χ4v) is 5.89. The first-order valence-corrected chi connectivity index (χ1v) is 14.4. The molecular formula is C27H48FN5O2. The van der Waals surface area contributed by atoms with Crippen LogP contribution < -0.4 is 5.32 Å². The van der Waals surface area contributed by atoms with Gasteiger partial charge in [-0.3, -0.25) is 4.79 Å². The zero-order chi connectivity index (χ0) is 24.8. The van der Waals surface area contributed by atoms with Crippen molar-refractivity contribution in [1.82, 2.24) is 25.9 Å². The molecule has 1 aromatic rings. The van der Waals surface area contributed by atoms with Crippen molar-refractivity contribution in [2.45, 2.75) is 134 Å². The number of hydrogen-bond acceptors (Lipinski definition) is 6. The zero-order valence-corrected chi connectivity index (χ0v) is 21.9. The Balaban J connectivity index is 1.22. The van der Waals surface area contributed by atoms with Crippen LogP contribution in [-0.4, -0.2) is 51.5 Å². The minimum Gasteiger partial charge on any atom is -0.465 e. The van der Waals surface area contributed by atoms with E-state index < -0.39 is 5.67 Å². The number of piperidine rings is 1. The molecule has 1 saturated carbocycles. The molecule has 0 amide bonds. The van der Waals surface area contributed by atoms with Crippen molar-refractivity contribution < 1.29 is 13.9 Å². The number of hydrogen-bond donors (Lipinski definition) is 2. The third-order valence-corrected chi connectivity index (χ3v) is 8.14. The Labute approximate surface area is 211 Å². The van der Waals surface area contributed by atoms with E-state index in [1.54, 1.807) is 0 Å². The molecule has 3 rings (SSSR count). The molecular weight excluding hydrogens is 445 g/mol. The molecule has 7 nitrogen and oxygen atoms in total. The van der Waals surface area contributed by atoms with Gasteiger partial charge >= 0.3 is 5.97 Å². The van der Waals surface area contributed by atoms with Gasteiger partial charge in [0.1, 0.15) is 11.7 Å². The van der Waals surface area contributed by atoms with Gasteiger partial charge in [-0.1, -0.05) is 82.8 Å². The predicted molar refractivity (Wildman–Crippen MR) is 136 cm³/mol. The maximum atomic E-state index is 15.5. The molecule has 0 bridgehead atoms. The van der Waals surface area contributed by atoms with Crippen molar-refractivity contribution in [3.63, 3.8) is 0 Å². The molecule has 0 unspecified atom stereocenters. The smallest absolute Gasteiger partial charge is 0.323 e. The van der Waals surface area contributed by atoms with Crippen LogP contribution in [0.2, 0.25) is 0 Å². The molecule has 200 valence electrons. The van der Waals surface area contributed by atoms with Gasteiger partial charge in [0.2, 0.25) is 0 Å². The van der Waals surface area contributed by atoms with Gasteiger partial charge in [0.25, 0.3) is 0 Å². The number of aromatic nitrogens is 4. The molecule has 4 atom stereocenters. The number of ether oxygens (including phenoxy) is 1. The highest BCUT2D eigenvalue weighted by atomic mass is 19.1. The van der Waals surface area contributed by atoms with Crippen LogP contribution >= 0.6 is 0 Å². The summed E-state index contributed by atoms with van der Waals surface area (Å²) >= 11 is 0. The van der Waals surface area contributed by atoms with Crippen molar-refractivity contribution in [3.8, 4) is 0 Å². The number of nitrogens with one attached hydrogen (secondary N) is 2. The second-order valence-corrected chi connectivity index (χ2v) is 11.0. The second kappa shape index (κ2) is 15.5. The fraction of sp³-hybridized carbons (Fsp3) is 0.926. The maximum absolute atomic E-state index is 15.5. The molecule has 35 heavy (non-hydrogen) atoms. The Bertz CT molecular complexity index is 704. The van der Waals surface area contributed by atoms with Gasteiger partial charge in [-0.25, -0.2) is 4.39 Å². The molecule has 0 aromatic carbocycles. The number of fused-ring (bicyclic) bond motifs is 1. The van der Waals surface area contributed by atoms with Crippen molar-refractivity contribution in [2.75, 3.05) is 13.2 Å². The average molecular weight is 494 g/mol. The first kappa shape index (κ1) is 28.0. The first-order valence-electron chi connectivity index (χ1n) is 14.4. The van der Waals surface area contributed by atoms with Gasteiger partial charge in [-0.15, -0.1) is 10.2 Å². The van der Waals surface area contributed by atoms with Crippen LogP contribution in [0.4, 0.5) is 4.39 Å². The van der Waals surface area contributed by atoms with E-state index in [4.69, 9.17) is 4.74 Å². The molecule has 2 N–H and O–H groups in total. The number of esters is 1. The highest BCUT2D eigenvalue weighted by Crippen LogP contribution is 2.44. The summed E-state index contributed by atoms with van der Waals surface area (Å²) in [5, 5.41) is 17.2. The fourth-order valence-electron chi connectivity index (χ4n) is 5.89. The highest BCUT2D eigenvalue weighted by Gasteiger charge is 2.44. The van der Waals surface area contributed by atoms with E-state index in [-0.39, 0.29) is 17.9 Å². The summed E-state index contributed by atoms with van der Waals surface area (Å²) in [7, 11) is 0. The zero-order valence-electron chi connectivity index (χ0n) is 21.9. The van der Waals surface area contributed by atoms with Gasteiger partial charge in [0.05, 0.1) is 6.61 Å². The summed E-state index contributed by atoms with van der Waals surface area (Å²) in [6.45, 7) is 3.54. The first-order chi connectivity index (χ1) is 17.1. The van der Waals surface area contributed by atoms with E-state index in [0.717, 1.165) is 25.8 Å². The number of aromatic amines is 1. The van der Waals surface area contributed by atoms with Gasteiger partial charge in [-0.2, -0.15) is 5.21 Å². The van der Waals surface area contributed by atoms with E-state index in [0.29, 0.717) is 50.5 Å². The average Bonchev–Trinajstić information content (AvgIpc) is 3.39. The number of carbonyl (C=O) groups excluding carboxylic acids is 1. The third-order valence-electron chi connectivity index (χ3n) is 8.14. The lowest BCUT2D eigenvalue weighted by Crippen LogP contribution is -2.52. The topological polar surface area (TPSA) is 92.8 Å². The van der Waals surface area contributed by atoms with E-state index in [1.807, 2.05) is 0 Å². The van der Waals surface area contributed by atoms with E-state index in [9.17, 15) is 4.79 Å². The number of unbranched alkanes of at least 4 members (excludes halogenated alkanes) is 11. The predicted octanol–water partition coefficient (Wildman–Crippen LogP) is 5.86. The standard InChI is InChI=1S/C27H48FN5O2/c1-2-3-4-5-6-7-8-9-10-11-12-13-18-35-26(34)24-19-23-20-27(28,16-14-22(23)21-29-24)17-15-25-30-32-33-31-25/h22-24,29H,2-21H2,1H3,(H,30,31,32,33)/t22-,23-,24-,27-/m0/s1. The van der Waals surface area contributed by atoms with Gasteiger partial charge in [0, 0.05) is 6.42 Å². The van der Waals surface area contributed by atoms with Gasteiger partial charge < -0.3 is 10.1 Å². The van der Waals surface area contributed by atoms with Crippen LogP contribution in [0.15, 0.2) is 0 Å². The number of carbonyl (C=O) groups is 1. The molecule has 0 radical (unpaired) electrons. The number of rotatable bonds is 17. The molecule has 1 saturated heterocycles. The Kier molecular flexibility index (Phi) is 12.4. The summed E-state index contributed by atoms with van der Waals surface area (Å²) in [6, 6.07) is -0.298. The lowest BCUT2D eigenvalue weighted by molar-refractivity contribution is -0.148. The minimum absolute atomic E-state index is 0.159. The molecule has 2 fully saturated rings. The van der Waals surface area contributed by atoms with E-state index in [1.165, 1.54) is 64.2 Å². The molecule has 1 aromatic heterocycles. The minimum atomic E-state index is -1.21. The van der Waals surface area contributed by atoms with Crippen molar-refractivity contribution in [1.29, 1.82) is 0 Å². The lowest BCUT2D eigenvalue weighted by atomic mass is 9.67. The molecule has 2 heterocycles. The Morgan fingerprint density at radius 2 is 1.71 bits per heavy atom. The number of H-pyrrole nitrogens is 1. The van der Waals surface area contributed by atoms with Crippen molar-refractivity contribution in [2.24, 2.45) is 11.8 Å². The summed E-state index contributed by atoms with van der Waals surface area (Å²) in [4.78, 5) is 12.6. The molecule has 0 spiro atoms. The lowest BCUT2D eigenvalue weighted by Gasteiger charge is -2.44. The van der Waals surface area contributed by atoms with Crippen molar-refractivity contribution >= 4 is 5.97 Å². The van der Waals surface area contributed by atoms with E-state index in [2.05, 4.69) is 32.9 Å². The Morgan fingerprint density at radius 3 is 2.37 bits per heavy atom. The molecule has 8 heteroatoms. The van der Waals surface area contributed by atoms with Crippen LogP contribution in [-0.2, 0) is 16.0 Å². The summed E-state index contributed by atoms with van der Waals surface area (Å²) in [5.41, 5.74) is -1.21. The number of halogens is 1. The molecule has 2 aliphatic rings. The quantitative estimate of drug-likeness (QED) is 0.208. The van der Waals surface area contributed by atoms with Gasteiger partial charge in [0.15, 0.2) is 5.82 Å². The number of nitrogens with zero attached hydrogens (tertiary/aromatic N) is 3. The number of aryl methyl sites for hydroxylation is 1. The molecule has 1 aliphatic heterocycles. The SMILES string of the molecule is CCCCCCCCCCCCCCOC(=O)[C@@H]1C[C@H]2C[C@@](F)(CCc3nn[nH]n3)CC[C@H]2CN1. The van der Waals surface area contributed by atoms with Crippen LogP contribution in [0, 0.1) is 11.8 Å². The monoisotopic (exact) mass is 493 g/mol. The van der Waals surface area contributed by atoms with Crippen LogP contribution in [0.3, 0.4) is 0 Å². The molecule has 1 aliphatic carbocycles. The van der Waals surface area contributed by atoms with Crippen molar-refractivity contribution in [3.05, 3.63) is 5.82 Å². The largest absolute Gasteiger partial charge is 0.465 e. The van der Waals surface area contributed by atoms with Crippen LogP contribution in [0.1, 0.15) is 122 Å². The maximum Gasteiger partial charge on any atom is 0.323 e.